The second-order valence-electron chi connectivity index (χ2n) is 6.48. The molecule has 1 aliphatic heterocycles. The summed E-state index contributed by atoms with van der Waals surface area (Å²) in [6.07, 6.45) is 0.0272. The Bertz CT molecular complexity index is 1070. The molecule has 1 N–H and O–H groups in total. The number of hydrogen-bond donors (Lipinski definition) is 1. The van der Waals surface area contributed by atoms with Crippen LogP contribution in [0.4, 0.5) is 5.13 Å². The molecule has 0 saturated heterocycles. The monoisotopic (exact) mass is 379 g/mol. The minimum absolute atomic E-state index is 0.0272. The van der Waals surface area contributed by atoms with Gasteiger partial charge in [0.25, 0.3) is 11.8 Å². The molecule has 3 amide bonds. The predicted octanol–water partition coefficient (Wildman–Crippen LogP) is 3.54. The van der Waals surface area contributed by atoms with Crippen LogP contribution in [0.1, 0.15) is 38.3 Å². The first-order valence-electron chi connectivity index (χ1n) is 8.57. The number of rotatable bonds is 4. The average molecular weight is 379 g/mol. The van der Waals surface area contributed by atoms with Crippen LogP contribution in [-0.4, -0.2) is 34.2 Å². The molecule has 7 heteroatoms. The topological polar surface area (TPSA) is 79.4 Å². The fourth-order valence-electron chi connectivity index (χ4n) is 3.12. The standard InChI is InChI=1S/C20H17N3O3S/c1-11-7-8-15-17(12(11)2)22-20(27-15)21-16(24)9-10-23-18(25)13-5-3-4-6-14(13)19(23)26/h3-8H,9-10H2,1-2H3,(H,21,22,24). The normalized spacial score (nSPS) is 13.3. The molecule has 27 heavy (non-hydrogen) atoms. The zero-order valence-corrected chi connectivity index (χ0v) is 15.7. The SMILES string of the molecule is Cc1ccc2sc(NC(=O)CCN3C(=O)c4ccccc4C3=O)nc2c1C. The number of nitrogens with one attached hydrogen (secondary N) is 1. The largest absolute Gasteiger partial charge is 0.302 e. The van der Waals surface area contributed by atoms with Gasteiger partial charge in [0.15, 0.2) is 5.13 Å². The van der Waals surface area contributed by atoms with Gasteiger partial charge < -0.3 is 5.32 Å². The van der Waals surface area contributed by atoms with Crippen LogP contribution >= 0.6 is 11.3 Å². The zero-order chi connectivity index (χ0) is 19.1. The Morgan fingerprint density at radius 3 is 2.41 bits per heavy atom. The van der Waals surface area contributed by atoms with E-state index in [-0.39, 0.29) is 30.7 Å². The summed E-state index contributed by atoms with van der Waals surface area (Å²) in [4.78, 5) is 42.6. The zero-order valence-electron chi connectivity index (χ0n) is 14.9. The fraction of sp³-hybridized carbons (Fsp3) is 0.200. The lowest BCUT2D eigenvalue weighted by atomic mass is 10.1. The first-order chi connectivity index (χ1) is 13.0. The average Bonchev–Trinajstić information content (AvgIpc) is 3.17. The minimum atomic E-state index is -0.352. The first kappa shape index (κ1) is 17.4. The summed E-state index contributed by atoms with van der Waals surface area (Å²) in [6.45, 7) is 4.07. The molecule has 4 rings (SSSR count). The third-order valence-electron chi connectivity index (χ3n) is 4.77. The summed E-state index contributed by atoms with van der Waals surface area (Å²) < 4.78 is 1.01. The van der Waals surface area contributed by atoms with Gasteiger partial charge in [-0.3, -0.25) is 19.3 Å². The Kier molecular flexibility index (Phi) is 4.24. The number of benzene rings is 2. The van der Waals surface area contributed by atoms with Crippen LogP contribution in [0.15, 0.2) is 36.4 Å². The molecule has 0 unspecified atom stereocenters. The molecular formula is C20H17N3O3S. The smallest absolute Gasteiger partial charge is 0.261 e. The molecule has 0 spiro atoms. The van der Waals surface area contributed by atoms with Crippen LogP contribution < -0.4 is 5.32 Å². The third kappa shape index (κ3) is 3.00. The van der Waals surface area contributed by atoms with Crippen molar-refractivity contribution in [2.45, 2.75) is 20.3 Å². The maximum Gasteiger partial charge on any atom is 0.261 e. The van der Waals surface area contributed by atoms with Crippen molar-refractivity contribution in [2.24, 2.45) is 0 Å². The molecule has 0 bridgehead atoms. The number of imide groups is 1. The number of carbonyl (C=O) groups excluding carboxylic acids is 3. The van der Waals surface area contributed by atoms with Crippen LogP contribution in [0.25, 0.3) is 10.2 Å². The van der Waals surface area contributed by atoms with E-state index < -0.39 is 0 Å². The number of fused-ring (bicyclic) bond motifs is 2. The van der Waals surface area contributed by atoms with E-state index in [1.165, 1.54) is 11.3 Å². The van der Waals surface area contributed by atoms with Crippen molar-refractivity contribution in [3.05, 3.63) is 58.7 Å². The van der Waals surface area contributed by atoms with E-state index >= 15 is 0 Å². The summed E-state index contributed by atoms with van der Waals surface area (Å²) in [6, 6.07) is 10.7. The summed E-state index contributed by atoms with van der Waals surface area (Å²) in [7, 11) is 0. The van der Waals surface area contributed by atoms with E-state index in [1.54, 1.807) is 24.3 Å². The minimum Gasteiger partial charge on any atom is -0.302 e. The molecule has 0 aliphatic carbocycles. The summed E-state index contributed by atoms with van der Waals surface area (Å²) in [5, 5.41) is 3.29. The number of hydrogen-bond acceptors (Lipinski definition) is 5. The summed E-state index contributed by atoms with van der Waals surface area (Å²) in [5.41, 5.74) is 3.90. The number of aryl methyl sites for hydroxylation is 2. The maximum atomic E-state index is 12.3. The molecule has 2 heterocycles. The molecule has 136 valence electrons. The highest BCUT2D eigenvalue weighted by Gasteiger charge is 2.34. The molecule has 2 aromatic carbocycles. The van der Waals surface area contributed by atoms with E-state index in [0.29, 0.717) is 16.3 Å². The highest BCUT2D eigenvalue weighted by atomic mass is 32.1. The van der Waals surface area contributed by atoms with Crippen molar-refractivity contribution in [3.8, 4) is 0 Å². The van der Waals surface area contributed by atoms with Crippen molar-refractivity contribution < 1.29 is 14.4 Å². The quantitative estimate of drug-likeness (QED) is 0.703. The molecule has 0 fully saturated rings. The number of carbonyl (C=O) groups is 3. The van der Waals surface area contributed by atoms with Gasteiger partial charge in [0.2, 0.25) is 5.91 Å². The van der Waals surface area contributed by atoms with Crippen molar-refractivity contribution >= 4 is 44.4 Å². The van der Waals surface area contributed by atoms with Gasteiger partial charge in [0.1, 0.15) is 0 Å². The van der Waals surface area contributed by atoms with Crippen LogP contribution in [0, 0.1) is 13.8 Å². The summed E-state index contributed by atoms with van der Waals surface area (Å²) >= 11 is 1.41. The molecular weight excluding hydrogens is 362 g/mol. The Morgan fingerprint density at radius 2 is 1.74 bits per heavy atom. The predicted molar refractivity (Wildman–Crippen MR) is 104 cm³/mol. The van der Waals surface area contributed by atoms with Crippen molar-refractivity contribution in [1.82, 2.24) is 9.88 Å². The van der Waals surface area contributed by atoms with E-state index in [0.717, 1.165) is 26.2 Å². The van der Waals surface area contributed by atoms with Gasteiger partial charge in [-0.1, -0.05) is 29.5 Å². The van der Waals surface area contributed by atoms with Crippen molar-refractivity contribution in [1.29, 1.82) is 0 Å². The lowest BCUT2D eigenvalue weighted by Crippen LogP contribution is -2.32. The van der Waals surface area contributed by atoms with Gasteiger partial charge in [-0.05, 0) is 43.2 Å². The second-order valence-corrected chi connectivity index (χ2v) is 7.51. The van der Waals surface area contributed by atoms with Crippen LogP contribution in [0.2, 0.25) is 0 Å². The number of thiazole rings is 1. The Labute approximate surface area is 159 Å². The maximum absolute atomic E-state index is 12.3. The molecule has 1 aliphatic rings. The van der Waals surface area contributed by atoms with Gasteiger partial charge in [0.05, 0.1) is 21.3 Å². The molecule has 0 saturated carbocycles. The van der Waals surface area contributed by atoms with Gasteiger partial charge in [-0.15, -0.1) is 0 Å². The number of nitrogens with zero attached hydrogens (tertiary/aromatic N) is 2. The van der Waals surface area contributed by atoms with Gasteiger partial charge >= 0.3 is 0 Å². The summed E-state index contributed by atoms with van der Waals surface area (Å²) in [5.74, 6) is -0.982. The van der Waals surface area contributed by atoms with Crippen LogP contribution in [-0.2, 0) is 4.79 Å². The van der Waals surface area contributed by atoms with E-state index in [2.05, 4.69) is 10.3 Å². The molecule has 0 atom stereocenters. The van der Waals surface area contributed by atoms with Gasteiger partial charge in [-0.2, -0.15) is 0 Å². The van der Waals surface area contributed by atoms with Crippen molar-refractivity contribution in [3.63, 3.8) is 0 Å². The number of amides is 3. The highest BCUT2D eigenvalue weighted by molar-refractivity contribution is 7.22. The Hall–Kier alpha value is -3.06. The number of anilines is 1. The molecule has 6 nitrogen and oxygen atoms in total. The lowest BCUT2D eigenvalue weighted by molar-refractivity contribution is -0.116. The van der Waals surface area contributed by atoms with E-state index in [9.17, 15) is 14.4 Å². The van der Waals surface area contributed by atoms with Crippen LogP contribution in [0.3, 0.4) is 0 Å². The molecule has 0 radical (unpaired) electrons. The lowest BCUT2D eigenvalue weighted by Gasteiger charge is -2.12. The number of aromatic nitrogens is 1. The second kappa shape index (κ2) is 6.59. The Morgan fingerprint density at radius 1 is 1.07 bits per heavy atom. The highest BCUT2D eigenvalue weighted by Crippen LogP contribution is 2.29. The molecule has 3 aromatic rings. The van der Waals surface area contributed by atoms with Crippen molar-refractivity contribution in [2.75, 3.05) is 11.9 Å². The van der Waals surface area contributed by atoms with E-state index in [1.807, 2.05) is 26.0 Å². The van der Waals surface area contributed by atoms with Crippen LogP contribution in [0.5, 0.6) is 0 Å². The fourth-order valence-corrected chi connectivity index (χ4v) is 4.06. The van der Waals surface area contributed by atoms with E-state index in [4.69, 9.17) is 0 Å². The van der Waals surface area contributed by atoms with Gasteiger partial charge in [-0.25, -0.2) is 4.98 Å². The molecule has 1 aromatic heterocycles. The first-order valence-corrected chi connectivity index (χ1v) is 9.39. The Balaban J connectivity index is 1.43. The third-order valence-corrected chi connectivity index (χ3v) is 5.71. The van der Waals surface area contributed by atoms with Gasteiger partial charge in [0, 0.05) is 13.0 Å².